The van der Waals surface area contributed by atoms with E-state index in [9.17, 15) is 14.4 Å². The molecule has 0 saturated heterocycles. The largest absolute Gasteiger partial charge is 0.487 e. The molecule has 50 heavy (non-hydrogen) atoms. The number of halogens is 2. The normalized spacial score (nSPS) is 11.1. The van der Waals surface area contributed by atoms with Crippen LogP contribution >= 0.6 is 23.2 Å². The number of aromatic nitrogens is 3. The highest BCUT2D eigenvalue weighted by molar-refractivity contribution is 6.38. The van der Waals surface area contributed by atoms with Gasteiger partial charge in [0.1, 0.15) is 29.4 Å². The highest BCUT2D eigenvalue weighted by Gasteiger charge is 2.19. The van der Waals surface area contributed by atoms with Gasteiger partial charge in [0.2, 0.25) is 11.8 Å². The van der Waals surface area contributed by atoms with Crippen LogP contribution < -0.4 is 20.3 Å². The van der Waals surface area contributed by atoms with Crippen molar-refractivity contribution in [2.75, 3.05) is 23.8 Å². The summed E-state index contributed by atoms with van der Waals surface area (Å²) in [6, 6.07) is 25.5. The third-order valence-corrected chi connectivity index (χ3v) is 8.64. The number of benzene rings is 3. The lowest BCUT2D eigenvalue weighted by Gasteiger charge is -2.21. The molecule has 10 nitrogen and oxygen atoms in total. The lowest BCUT2D eigenvalue weighted by Crippen LogP contribution is -2.37. The van der Waals surface area contributed by atoms with Gasteiger partial charge in [0.15, 0.2) is 0 Å². The van der Waals surface area contributed by atoms with Crippen LogP contribution in [0.2, 0.25) is 10.0 Å². The summed E-state index contributed by atoms with van der Waals surface area (Å²) in [6.07, 6.45) is 5.90. The molecule has 12 heteroatoms. The monoisotopic (exact) mass is 704 g/mol. The standard InChI is InChI=1S/C38H30Cl2N6O4/c1-23-10-13-26-7-5-9-32(36(26)44-23)50-22-28-29(39)14-16-31(35(28)40)46(2)34(48)21-43-33(47)17-12-24-11-15-30(42-20-24)38(49)45-37-27-8-4-3-6-25(27)18-19-41-37/h3-20H,21-22H2,1-2H3,(H,43,47)(H,41,45,49)/b17-12+. The van der Waals surface area contributed by atoms with Crippen molar-refractivity contribution in [2.45, 2.75) is 13.5 Å². The van der Waals surface area contributed by atoms with Crippen LogP contribution in [0, 0.1) is 6.92 Å². The van der Waals surface area contributed by atoms with Crippen LogP contribution in [-0.4, -0.2) is 46.3 Å². The van der Waals surface area contributed by atoms with Gasteiger partial charge in [-0.2, -0.15) is 0 Å². The Hall–Kier alpha value is -5.84. The van der Waals surface area contributed by atoms with Crippen molar-refractivity contribution in [3.8, 4) is 5.75 Å². The van der Waals surface area contributed by atoms with Crippen LogP contribution in [0.3, 0.4) is 0 Å². The molecule has 0 unspecified atom stereocenters. The number of hydrogen-bond donors (Lipinski definition) is 2. The number of likely N-dealkylation sites (N-methyl/N-ethyl adjacent to an activating group) is 1. The zero-order valence-electron chi connectivity index (χ0n) is 27.0. The molecule has 3 aromatic heterocycles. The molecule has 0 spiro atoms. The number of ether oxygens (including phenoxy) is 1. The Morgan fingerprint density at radius 2 is 1.72 bits per heavy atom. The van der Waals surface area contributed by atoms with Crippen LogP contribution in [0.1, 0.15) is 27.3 Å². The van der Waals surface area contributed by atoms with Crippen molar-refractivity contribution in [3.63, 3.8) is 0 Å². The summed E-state index contributed by atoms with van der Waals surface area (Å²) in [4.78, 5) is 52.8. The minimum Gasteiger partial charge on any atom is -0.487 e. The Morgan fingerprint density at radius 1 is 0.900 bits per heavy atom. The number of pyridine rings is 3. The first-order valence-electron chi connectivity index (χ1n) is 15.5. The smallest absolute Gasteiger partial charge is 0.275 e. The van der Waals surface area contributed by atoms with E-state index in [-0.39, 0.29) is 23.9 Å². The Kier molecular flexibility index (Phi) is 10.3. The number of fused-ring (bicyclic) bond motifs is 2. The predicted molar refractivity (Wildman–Crippen MR) is 197 cm³/mol. The molecule has 0 aliphatic heterocycles. The second-order valence-corrected chi connectivity index (χ2v) is 12.0. The van der Waals surface area contributed by atoms with Crippen molar-refractivity contribution in [2.24, 2.45) is 0 Å². The van der Waals surface area contributed by atoms with E-state index in [1.54, 1.807) is 37.5 Å². The maximum Gasteiger partial charge on any atom is 0.275 e. The van der Waals surface area contributed by atoms with Crippen molar-refractivity contribution in [1.29, 1.82) is 0 Å². The van der Waals surface area contributed by atoms with E-state index in [1.807, 2.05) is 67.6 Å². The van der Waals surface area contributed by atoms with Crippen LogP contribution in [0.4, 0.5) is 11.5 Å². The Labute approximate surface area is 297 Å². The molecule has 3 aromatic carbocycles. The number of aryl methyl sites for hydroxylation is 1. The molecular formula is C38H30Cl2N6O4. The van der Waals surface area contributed by atoms with E-state index >= 15 is 0 Å². The first kappa shape index (κ1) is 34.0. The highest BCUT2D eigenvalue weighted by atomic mass is 35.5. The minimum absolute atomic E-state index is 0.0474. The molecule has 6 aromatic rings. The number of carbonyl (C=O) groups excluding carboxylic acids is 3. The maximum atomic E-state index is 13.0. The number of hydrogen-bond acceptors (Lipinski definition) is 7. The van der Waals surface area contributed by atoms with Gasteiger partial charge in [-0.15, -0.1) is 0 Å². The number of nitrogens with zero attached hydrogens (tertiary/aromatic N) is 4. The van der Waals surface area contributed by atoms with Crippen LogP contribution in [-0.2, 0) is 16.2 Å². The fourth-order valence-corrected chi connectivity index (χ4v) is 5.74. The molecule has 3 amide bonds. The second-order valence-electron chi connectivity index (χ2n) is 11.2. The van der Waals surface area contributed by atoms with Gasteiger partial charge in [-0.3, -0.25) is 19.4 Å². The van der Waals surface area contributed by atoms with Crippen molar-refractivity contribution in [1.82, 2.24) is 20.3 Å². The summed E-state index contributed by atoms with van der Waals surface area (Å²) >= 11 is 13.2. The van der Waals surface area contributed by atoms with E-state index < -0.39 is 17.7 Å². The van der Waals surface area contributed by atoms with Gasteiger partial charge in [0, 0.05) is 52.6 Å². The fraction of sp³-hybridized carbons (Fsp3) is 0.105. The SMILES string of the molecule is Cc1ccc2cccc(OCc3c(Cl)ccc(N(C)C(=O)CNC(=O)/C=C/c4ccc(C(=O)Nc5nccc6ccccc56)nc4)c3Cl)c2n1. The Morgan fingerprint density at radius 3 is 2.54 bits per heavy atom. The molecule has 3 heterocycles. The highest BCUT2D eigenvalue weighted by Crippen LogP contribution is 2.35. The van der Waals surface area contributed by atoms with Gasteiger partial charge in [-0.25, -0.2) is 9.97 Å². The second kappa shape index (κ2) is 15.1. The minimum atomic E-state index is -0.495. The number of para-hydroxylation sites is 1. The molecule has 0 fully saturated rings. The molecule has 0 saturated carbocycles. The number of carbonyl (C=O) groups is 3. The number of nitrogens with one attached hydrogen (secondary N) is 2. The van der Waals surface area contributed by atoms with E-state index in [4.69, 9.17) is 27.9 Å². The summed E-state index contributed by atoms with van der Waals surface area (Å²) in [7, 11) is 1.56. The van der Waals surface area contributed by atoms with E-state index in [1.165, 1.54) is 23.2 Å². The zero-order chi connectivity index (χ0) is 35.2. The molecule has 0 bridgehead atoms. The lowest BCUT2D eigenvalue weighted by atomic mass is 10.1. The Bertz CT molecular complexity index is 2270. The van der Waals surface area contributed by atoms with Crippen molar-refractivity contribution < 1.29 is 19.1 Å². The summed E-state index contributed by atoms with van der Waals surface area (Å²) in [5, 5.41) is 8.71. The number of amides is 3. The van der Waals surface area contributed by atoms with Crippen LogP contribution in [0.25, 0.3) is 27.8 Å². The first-order chi connectivity index (χ1) is 24.2. The zero-order valence-corrected chi connectivity index (χ0v) is 28.5. The average molecular weight is 706 g/mol. The molecule has 0 aliphatic rings. The van der Waals surface area contributed by atoms with Gasteiger partial charge in [0.25, 0.3) is 5.91 Å². The Balaban J connectivity index is 1.03. The van der Waals surface area contributed by atoms with Crippen LogP contribution in [0.15, 0.2) is 103 Å². The fourth-order valence-electron chi connectivity index (χ4n) is 5.14. The molecule has 0 radical (unpaired) electrons. The molecule has 0 aliphatic carbocycles. The summed E-state index contributed by atoms with van der Waals surface area (Å²) < 4.78 is 6.09. The topological polar surface area (TPSA) is 126 Å². The third-order valence-electron chi connectivity index (χ3n) is 7.86. The lowest BCUT2D eigenvalue weighted by molar-refractivity contribution is -0.122. The van der Waals surface area contributed by atoms with Crippen molar-refractivity contribution >= 4 is 80.2 Å². The molecule has 2 N–H and O–H groups in total. The molecule has 250 valence electrons. The van der Waals surface area contributed by atoms with Crippen molar-refractivity contribution in [3.05, 3.63) is 136 Å². The predicted octanol–water partition coefficient (Wildman–Crippen LogP) is 7.42. The van der Waals surface area contributed by atoms with Crippen LogP contribution in [0.5, 0.6) is 5.75 Å². The van der Waals surface area contributed by atoms with E-state index in [2.05, 4.69) is 25.6 Å². The first-order valence-corrected chi connectivity index (χ1v) is 16.2. The number of anilines is 2. The molecular weight excluding hydrogens is 675 g/mol. The van der Waals surface area contributed by atoms with Gasteiger partial charge in [-0.1, -0.05) is 71.7 Å². The van der Waals surface area contributed by atoms with Gasteiger partial charge in [-0.05, 0) is 60.3 Å². The maximum absolute atomic E-state index is 13.0. The molecule has 6 rings (SSSR count). The third kappa shape index (κ3) is 7.72. The van der Waals surface area contributed by atoms with Gasteiger partial charge < -0.3 is 20.3 Å². The molecule has 0 atom stereocenters. The van der Waals surface area contributed by atoms with E-state index in [0.29, 0.717) is 33.4 Å². The average Bonchev–Trinajstić information content (AvgIpc) is 3.13. The summed E-state index contributed by atoms with van der Waals surface area (Å²) in [5.41, 5.74) is 3.26. The quantitative estimate of drug-likeness (QED) is 0.142. The summed E-state index contributed by atoms with van der Waals surface area (Å²) in [5.74, 6) is -0.300. The number of rotatable bonds is 10. The summed E-state index contributed by atoms with van der Waals surface area (Å²) in [6.45, 7) is 1.67. The van der Waals surface area contributed by atoms with Gasteiger partial charge >= 0.3 is 0 Å². The van der Waals surface area contributed by atoms with Gasteiger partial charge in [0.05, 0.1) is 17.3 Å². The van der Waals surface area contributed by atoms with E-state index in [0.717, 1.165) is 27.4 Å².